The topological polar surface area (TPSA) is 80.3 Å². The van der Waals surface area contributed by atoms with Crippen molar-refractivity contribution >= 4 is 23.3 Å². The van der Waals surface area contributed by atoms with Crippen molar-refractivity contribution in [1.29, 1.82) is 0 Å². The van der Waals surface area contributed by atoms with Crippen molar-refractivity contribution in [3.05, 3.63) is 53.9 Å². The number of benzene rings is 1. The molecule has 1 saturated carbocycles. The molecule has 136 valence electrons. The maximum absolute atomic E-state index is 12.5. The van der Waals surface area contributed by atoms with Gasteiger partial charge in [-0.1, -0.05) is 19.3 Å². The van der Waals surface area contributed by atoms with Gasteiger partial charge in [0.2, 0.25) is 0 Å². The third-order valence-electron chi connectivity index (χ3n) is 4.54. The summed E-state index contributed by atoms with van der Waals surface area (Å²) in [7, 11) is 1.33. The lowest BCUT2D eigenvalue weighted by Gasteiger charge is -2.23. The van der Waals surface area contributed by atoms with Crippen LogP contribution < -0.4 is 10.6 Å². The molecule has 0 unspecified atom stereocenters. The Hall–Kier alpha value is -2.89. The van der Waals surface area contributed by atoms with E-state index in [1.54, 1.807) is 36.7 Å². The van der Waals surface area contributed by atoms with E-state index in [4.69, 9.17) is 0 Å². The number of carbonyl (C=O) groups excluding carboxylic acids is 2. The number of nitrogens with zero attached hydrogens (tertiary/aromatic N) is 1. The molecule has 0 radical (unpaired) electrons. The Bertz CT molecular complexity index is 768. The van der Waals surface area contributed by atoms with E-state index >= 15 is 0 Å². The molecule has 1 aliphatic rings. The van der Waals surface area contributed by atoms with Crippen molar-refractivity contribution in [3.8, 4) is 0 Å². The van der Waals surface area contributed by atoms with Crippen LogP contribution in [0.4, 0.5) is 11.4 Å². The average Bonchev–Trinajstić information content (AvgIpc) is 2.69. The van der Waals surface area contributed by atoms with Crippen LogP contribution in [0.25, 0.3) is 0 Å². The van der Waals surface area contributed by atoms with Gasteiger partial charge in [0, 0.05) is 24.1 Å². The van der Waals surface area contributed by atoms with Gasteiger partial charge >= 0.3 is 5.97 Å². The summed E-state index contributed by atoms with van der Waals surface area (Å²) in [4.78, 5) is 28.1. The fraction of sp³-hybridized carbons (Fsp3) is 0.350. The molecule has 1 amide bonds. The summed E-state index contributed by atoms with van der Waals surface area (Å²) in [5, 5.41) is 6.29. The van der Waals surface area contributed by atoms with Crippen LogP contribution in [0.5, 0.6) is 0 Å². The Kier molecular flexibility index (Phi) is 5.84. The smallest absolute Gasteiger partial charge is 0.337 e. The molecular formula is C20H23N3O3. The molecule has 6 nitrogen and oxygen atoms in total. The van der Waals surface area contributed by atoms with Gasteiger partial charge in [-0.2, -0.15) is 0 Å². The molecule has 1 heterocycles. The molecule has 2 aromatic rings. The molecule has 0 aliphatic heterocycles. The molecule has 1 aromatic heterocycles. The fourth-order valence-electron chi connectivity index (χ4n) is 3.14. The van der Waals surface area contributed by atoms with Crippen LogP contribution in [-0.4, -0.2) is 30.0 Å². The molecule has 2 N–H and O–H groups in total. The third-order valence-corrected chi connectivity index (χ3v) is 4.54. The van der Waals surface area contributed by atoms with Crippen LogP contribution in [0, 0.1) is 0 Å². The second-order valence-electron chi connectivity index (χ2n) is 6.46. The number of carbonyl (C=O) groups is 2. The predicted octanol–water partition coefficient (Wildman–Crippen LogP) is 3.87. The van der Waals surface area contributed by atoms with Crippen molar-refractivity contribution in [1.82, 2.24) is 4.98 Å². The number of anilines is 2. The van der Waals surface area contributed by atoms with Crippen molar-refractivity contribution in [2.45, 2.75) is 38.1 Å². The van der Waals surface area contributed by atoms with Gasteiger partial charge in [-0.3, -0.25) is 9.78 Å². The highest BCUT2D eigenvalue weighted by Crippen LogP contribution is 2.22. The lowest BCUT2D eigenvalue weighted by molar-refractivity contribution is 0.0600. The molecule has 26 heavy (non-hydrogen) atoms. The lowest BCUT2D eigenvalue weighted by atomic mass is 9.95. The molecule has 1 aromatic carbocycles. The standard InChI is InChI=1S/C20H23N3O3/c1-26-20(25)14-7-9-17(10-8-14)23-19(24)15-11-18(13-21-12-15)22-16-5-3-2-4-6-16/h7-13,16,22H,2-6H2,1H3,(H,23,24). The maximum atomic E-state index is 12.5. The Morgan fingerprint density at radius 3 is 2.42 bits per heavy atom. The zero-order chi connectivity index (χ0) is 18.4. The number of pyridine rings is 1. The molecular weight excluding hydrogens is 330 g/mol. The molecule has 0 saturated heterocycles. The van der Waals surface area contributed by atoms with Crippen molar-refractivity contribution in [2.24, 2.45) is 0 Å². The Morgan fingerprint density at radius 1 is 1.00 bits per heavy atom. The summed E-state index contributed by atoms with van der Waals surface area (Å²) in [6, 6.07) is 8.83. The van der Waals surface area contributed by atoms with Gasteiger partial charge in [-0.15, -0.1) is 0 Å². The first-order valence-electron chi connectivity index (χ1n) is 8.87. The predicted molar refractivity (Wildman–Crippen MR) is 100 cm³/mol. The Labute approximate surface area is 153 Å². The number of hydrogen-bond donors (Lipinski definition) is 2. The van der Waals surface area contributed by atoms with Crippen molar-refractivity contribution in [2.75, 3.05) is 17.7 Å². The van der Waals surface area contributed by atoms with Crippen LogP contribution in [0.1, 0.15) is 52.8 Å². The number of methoxy groups -OCH3 is 1. The van der Waals surface area contributed by atoms with Crippen LogP contribution >= 0.6 is 0 Å². The number of esters is 1. The van der Waals surface area contributed by atoms with Crippen molar-refractivity contribution < 1.29 is 14.3 Å². The van der Waals surface area contributed by atoms with E-state index in [0.717, 1.165) is 18.5 Å². The number of nitrogens with one attached hydrogen (secondary N) is 2. The Morgan fingerprint density at radius 2 is 1.73 bits per heavy atom. The summed E-state index contributed by atoms with van der Waals surface area (Å²) >= 11 is 0. The van der Waals surface area contributed by atoms with Crippen molar-refractivity contribution in [3.63, 3.8) is 0 Å². The van der Waals surface area contributed by atoms with Gasteiger partial charge in [-0.05, 0) is 43.2 Å². The number of aromatic nitrogens is 1. The monoisotopic (exact) mass is 353 g/mol. The first kappa shape index (κ1) is 17.9. The Balaban J connectivity index is 1.64. The van der Waals surface area contributed by atoms with Gasteiger partial charge in [0.1, 0.15) is 0 Å². The summed E-state index contributed by atoms with van der Waals surface area (Å²) in [6.07, 6.45) is 9.39. The summed E-state index contributed by atoms with van der Waals surface area (Å²) in [5.41, 5.74) is 2.40. The largest absolute Gasteiger partial charge is 0.465 e. The summed E-state index contributed by atoms with van der Waals surface area (Å²) in [5.74, 6) is -0.649. The molecule has 6 heteroatoms. The minimum absolute atomic E-state index is 0.240. The average molecular weight is 353 g/mol. The molecule has 1 fully saturated rings. The number of amides is 1. The SMILES string of the molecule is COC(=O)c1ccc(NC(=O)c2cncc(NC3CCCCC3)c2)cc1. The van der Waals surface area contributed by atoms with E-state index in [1.165, 1.54) is 26.4 Å². The minimum atomic E-state index is -0.409. The molecule has 1 aliphatic carbocycles. The van der Waals surface area contributed by atoms with Gasteiger partial charge in [0.05, 0.1) is 23.9 Å². The highest BCUT2D eigenvalue weighted by atomic mass is 16.5. The van der Waals surface area contributed by atoms with Gasteiger partial charge in [-0.25, -0.2) is 4.79 Å². The minimum Gasteiger partial charge on any atom is -0.465 e. The fourth-order valence-corrected chi connectivity index (χ4v) is 3.14. The van der Waals surface area contributed by atoms with Gasteiger partial charge in [0.25, 0.3) is 5.91 Å². The normalized spacial score (nSPS) is 14.5. The second kappa shape index (κ2) is 8.47. The molecule has 0 bridgehead atoms. The van der Waals surface area contributed by atoms with E-state index in [1.807, 2.05) is 6.07 Å². The van der Waals surface area contributed by atoms with E-state index in [-0.39, 0.29) is 5.91 Å². The first-order chi connectivity index (χ1) is 12.7. The number of hydrogen-bond acceptors (Lipinski definition) is 5. The van der Waals surface area contributed by atoms with Crippen LogP contribution in [0.3, 0.4) is 0 Å². The van der Waals surface area contributed by atoms with E-state index in [2.05, 4.69) is 20.4 Å². The molecule has 0 spiro atoms. The second-order valence-corrected chi connectivity index (χ2v) is 6.46. The summed E-state index contributed by atoms with van der Waals surface area (Å²) in [6.45, 7) is 0. The number of ether oxygens (including phenoxy) is 1. The van der Waals surface area contributed by atoms with Crippen LogP contribution in [0.2, 0.25) is 0 Å². The van der Waals surface area contributed by atoms with Crippen LogP contribution in [0.15, 0.2) is 42.7 Å². The van der Waals surface area contributed by atoms with Gasteiger partial charge in [0.15, 0.2) is 0 Å². The molecule has 3 rings (SSSR count). The maximum Gasteiger partial charge on any atom is 0.337 e. The quantitative estimate of drug-likeness (QED) is 0.798. The highest BCUT2D eigenvalue weighted by Gasteiger charge is 2.14. The zero-order valence-electron chi connectivity index (χ0n) is 14.8. The molecule has 0 atom stereocenters. The highest BCUT2D eigenvalue weighted by molar-refractivity contribution is 6.04. The van der Waals surface area contributed by atoms with E-state index < -0.39 is 5.97 Å². The first-order valence-corrected chi connectivity index (χ1v) is 8.87. The van der Waals surface area contributed by atoms with E-state index in [9.17, 15) is 9.59 Å². The lowest BCUT2D eigenvalue weighted by Crippen LogP contribution is -2.22. The zero-order valence-corrected chi connectivity index (χ0v) is 14.8. The van der Waals surface area contributed by atoms with Gasteiger partial charge < -0.3 is 15.4 Å². The van der Waals surface area contributed by atoms with E-state index in [0.29, 0.717) is 22.9 Å². The third kappa shape index (κ3) is 4.59. The number of rotatable bonds is 5. The van der Waals surface area contributed by atoms with Crippen LogP contribution in [-0.2, 0) is 4.74 Å². The summed E-state index contributed by atoms with van der Waals surface area (Å²) < 4.78 is 4.66.